The molecule has 7 heteroatoms. The second-order valence-corrected chi connectivity index (χ2v) is 10.1. The van der Waals surface area contributed by atoms with Gasteiger partial charge in [0.25, 0.3) is 0 Å². The minimum absolute atomic E-state index is 0. The van der Waals surface area contributed by atoms with Crippen molar-refractivity contribution in [1.29, 1.82) is 0 Å². The maximum Gasteiger partial charge on any atom is 2.00 e. The van der Waals surface area contributed by atoms with Crippen LogP contribution in [0.2, 0.25) is 5.02 Å². The Kier molecular flexibility index (Phi) is 5.33. The Morgan fingerprint density at radius 3 is 2.38 bits per heavy atom. The first-order valence-electron chi connectivity index (χ1n) is 7.46. The van der Waals surface area contributed by atoms with E-state index in [1.165, 1.54) is 0 Å². The van der Waals surface area contributed by atoms with E-state index in [1.54, 1.807) is 12.1 Å². The number of halogens is 1. The van der Waals surface area contributed by atoms with Gasteiger partial charge in [-0.3, -0.25) is 5.41 Å². The van der Waals surface area contributed by atoms with Crippen molar-refractivity contribution in [1.82, 2.24) is 4.98 Å². The van der Waals surface area contributed by atoms with Gasteiger partial charge in [-0.2, -0.15) is 0 Å². The van der Waals surface area contributed by atoms with E-state index in [-0.39, 0.29) is 52.0 Å². The summed E-state index contributed by atoms with van der Waals surface area (Å²) >= 11 is 6.21. The molecule has 0 amide bonds. The largest absolute Gasteiger partial charge is 2.00 e. The van der Waals surface area contributed by atoms with Crippen molar-refractivity contribution < 1.29 is 43.9 Å². The Morgan fingerprint density at radius 1 is 1.29 bits per heavy atom. The Labute approximate surface area is 172 Å². The van der Waals surface area contributed by atoms with Crippen LogP contribution in [0.3, 0.4) is 0 Å². The van der Waals surface area contributed by atoms with Gasteiger partial charge in [-0.25, -0.2) is 13.4 Å². The van der Waals surface area contributed by atoms with E-state index in [9.17, 15) is 8.42 Å². The summed E-state index contributed by atoms with van der Waals surface area (Å²) in [5.74, 6) is 0.489. The van der Waals surface area contributed by atoms with E-state index in [4.69, 9.17) is 16.0 Å². The molecule has 0 saturated heterocycles. The molecule has 1 aliphatic rings. The molecular weight excluding hydrogens is 572 g/mol. The minimum atomic E-state index is -3.61. The van der Waals surface area contributed by atoms with Crippen LogP contribution in [0.25, 0.3) is 11.1 Å². The van der Waals surface area contributed by atoms with E-state index in [0.29, 0.717) is 24.2 Å². The minimum Gasteiger partial charge on any atom is -0.439 e. The zero-order valence-corrected chi connectivity index (χ0v) is 19.8. The van der Waals surface area contributed by atoms with Gasteiger partial charge in [-0.05, 0) is 12.1 Å². The van der Waals surface area contributed by atoms with Crippen molar-refractivity contribution in [3.63, 3.8) is 0 Å². The molecule has 128 valence electrons. The molecule has 0 unspecified atom stereocenters. The monoisotopic (exact) mass is 591 g/mol. The SMILES string of the molecule is [CH2-]C1([CH2-])CC(S(=O)(=O)c2c(Cl)ccc3nc(C(C)(C)C)oc23)C1.[U+2]. The summed E-state index contributed by atoms with van der Waals surface area (Å²) in [6.07, 6.45) is 0.838. The van der Waals surface area contributed by atoms with Gasteiger partial charge >= 0.3 is 31.1 Å². The van der Waals surface area contributed by atoms with Crippen LogP contribution in [0.5, 0.6) is 0 Å². The van der Waals surface area contributed by atoms with Crippen LogP contribution in [0.4, 0.5) is 0 Å². The van der Waals surface area contributed by atoms with E-state index in [0.717, 1.165) is 0 Å². The number of aromatic nitrogens is 1. The van der Waals surface area contributed by atoms with E-state index < -0.39 is 20.5 Å². The molecule has 0 bridgehead atoms. The van der Waals surface area contributed by atoms with Gasteiger partial charge in [0.15, 0.2) is 15.4 Å². The third kappa shape index (κ3) is 3.45. The first kappa shape index (κ1) is 20.3. The second-order valence-electron chi connectivity index (χ2n) is 7.57. The first-order chi connectivity index (χ1) is 10.4. The molecule has 1 aromatic heterocycles. The van der Waals surface area contributed by atoms with Crippen molar-refractivity contribution in [2.75, 3.05) is 0 Å². The van der Waals surface area contributed by atoms with Crippen molar-refractivity contribution in [2.24, 2.45) is 5.41 Å². The van der Waals surface area contributed by atoms with Gasteiger partial charge in [0.05, 0.1) is 10.3 Å². The Bertz CT molecular complexity index is 873. The molecule has 0 spiro atoms. The van der Waals surface area contributed by atoms with Crippen LogP contribution in [0.15, 0.2) is 21.4 Å². The summed E-state index contributed by atoms with van der Waals surface area (Å²) < 4.78 is 31.7. The summed E-state index contributed by atoms with van der Waals surface area (Å²) in [6.45, 7) is 13.7. The molecule has 0 radical (unpaired) electrons. The molecule has 4 nitrogen and oxygen atoms in total. The summed E-state index contributed by atoms with van der Waals surface area (Å²) in [5.41, 5.74) is -0.00431. The van der Waals surface area contributed by atoms with Gasteiger partial charge in [0.2, 0.25) is 5.89 Å². The van der Waals surface area contributed by atoms with Crippen molar-refractivity contribution in [3.8, 4) is 0 Å². The maximum atomic E-state index is 13.0. The molecule has 0 N–H and O–H groups in total. The molecule has 1 saturated carbocycles. The van der Waals surface area contributed by atoms with Gasteiger partial charge in [0, 0.05) is 5.41 Å². The topological polar surface area (TPSA) is 60.2 Å². The summed E-state index contributed by atoms with van der Waals surface area (Å²) in [7, 11) is -3.61. The van der Waals surface area contributed by atoms with Crippen LogP contribution in [-0.2, 0) is 15.3 Å². The number of benzene rings is 1. The third-order valence-corrected chi connectivity index (χ3v) is 6.76. The van der Waals surface area contributed by atoms with E-state index >= 15 is 0 Å². The standard InChI is InChI=1S/C17H20ClNO3S.U/c1-16(2,3)15-19-12-7-6-11(18)14(13(12)22-15)23(20,21)10-8-17(4,5)9-10;/h6-7,10H,4-5,8-9H2,1-3H3;/q-2;+2. The zero-order valence-electron chi connectivity index (χ0n) is 14.0. The maximum absolute atomic E-state index is 13.0. The summed E-state index contributed by atoms with van der Waals surface area (Å²) in [5, 5.41) is -0.358. The first-order valence-corrected chi connectivity index (χ1v) is 9.38. The predicted octanol–water partition coefficient (Wildman–Crippen LogP) is 4.37. The number of hydrogen-bond donors (Lipinski definition) is 0. The number of fused-ring (bicyclic) bond motifs is 1. The van der Waals surface area contributed by atoms with Crippen LogP contribution < -0.4 is 0 Å². The molecule has 2 aromatic rings. The van der Waals surface area contributed by atoms with Gasteiger partial charge in [-0.1, -0.05) is 45.2 Å². The third-order valence-electron chi connectivity index (χ3n) is 4.15. The fraction of sp³-hybridized carbons (Fsp3) is 0.471. The smallest absolute Gasteiger partial charge is 0.439 e. The Balaban J connectivity index is 0.00000208. The number of nitrogens with zero attached hydrogens (tertiary/aromatic N) is 1. The van der Waals surface area contributed by atoms with Gasteiger partial charge < -0.3 is 18.3 Å². The van der Waals surface area contributed by atoms with Crippen molar-refractivity contribution in [2.45, 2.75) is 49.2 Å². The Hall–Kier alpha value is -0.0181. The second kappa shape index (κ2) is 6.30. The van der Waals surface area contributed by atoms with Crippen molar-refractivity contribution in [3.05, 3.63) is 36.9 Å². The summed E-state index contributed by atoms with van der Waals surface area (Å²) in [4.78, 5) is 4.46. The predicted molar refractivity (Wildman–Crippen MR) is 91.1 cm³/mol. The number of hydrogen-bond acceptors (Lipinski definition) is 4. The van der Waals surface area contributed by atoms with E-state index in [2.05, 4.69) is 18.8 Å². The summed E-state index contributed by atoms with van der Waals surface area (Å²) in [6, 6.07) is 3.25. The van der Waals surface area contributed by atoms with E-state index in [1.807, 2.05) is 20.8 Å². The fourth-order valence-electron chi connectivity index (χ4n) is 2.82. The number of oxazole rings is 1. The molecule has 24 heavy (non-hydrogen) atoms. The molecule has 1 fully saturated rings. The quantitative estimate of drug-likeness (QED) is 0.487. The Morgan fingerprint density at radius 2 is 1.88 bits per heavy atom. The van der Waals surface area contributed by atoms with Crippen LogP contribution in [0.1, 0.15) is 39.5 Å². The average Bonchev–Trinajstić information content (AvgIpc) is 2.78. The van der Waals surface area contributed by atoms with Crippen LogP contribution in [-0.4, -0.2) is 18.7 Å². The molecule has 0 aliphatic heterocycles. The van der Waals surface area contributed by atoms with Crippen molar-refractivity contribution >= 4 is 32.5 Å². The normalized spacial score (nSPS) is 18.2. The molecule has 1 aromatic carbocycles. The molecular formula is C17H20ClNO3SU. The molecule has 1 heterocycles. The van der Waals surface area contributed by atoms with Crippen LogP contribution >= 0.6 is 11.6 Å². The fourth-order valence-corrected chi connectivity index (χ4v) is 5.52. The van der Waals surface area contributed by atoms with Crippen LogP contribution in [0, 0.1) is 50.4 Å². The van der Waals surface area contributed by atoms with Gasteiger partial charge in [0.1, 0.15) is 10.4 Å². The molecule has 3 rings (SSSR count). The van der Waals surface area contributed by atoms with Gasteiger partial charge in [-0.15, -0.1) is 0 Å². The average molecular weight is 592 g/mol. The zero-order chi connectivity index (χ0) is 17.2. The molecule has 1 aliphatic carbocycles. The number of rotatable bonds is 2. The number of sulfone groups is 1. The molecule has 0 atom stereocenters.